The number of aromatic nitrogens is 4. The Morgan fingerprint density at radius 2 is 1.72 bits per heavy atom. The summed E-state index contributed by atoms with van der Waals surface area (Å²) in [5.74, 6) is -1.36. The van der Waals surface area contributed by atoms with Crippen molar-refractivity contribution in [2.24, 2.45) is 0 Å². The van der Waals surface area contributed by atoms with Crippen LogP contribution in [0.2, 0.25) is 0 Å². The molecule has 1 aliphatic heterocycles. The highest BCUT2D eigenvalue weighted by Crippen LogP contribution is 2.30. The van der Waals surface area contributed by atoms with Gasteiger partial charge in [-0.25, -0.2) is 23.2 Å². The number of nitrogens with one attached hydrogen (secondary N) is 1. The number of carbonyl (C=O) groups is 1. The number of pyridine rings is 1. The largest absolute Gasteiger partial charge is 0.490 e. The Morgan fingerprint density at radius 1 is 1.08 bits per heavy atom. The molecule has 0 atom stereocenters. The number of fused-ring (bicyclic) bond motifs is 1. The van der Waals surface area contributed by atoms with Crippen molar-refractivity contribution in [3.05, 3.63) is 66.5 Å². The third-order valence-electron chi connectivity index (χ3n) is 6.30. The molecule has 39 heavy (non-hydrogen) atoms. The molecule has 13 heteroatoms. The molecule has 2 N–H and O–H groups in total. The summed E-state index contributed by atoms with van der Waals surface area (Å²) >= 11 is 0. The maximum Gasteiger partial charge on any atom is 0.490 e. The van der Waals surface area contributed by atoms with Gasteiger partial charge in [0.25, 0.3) is 0 Å². The fourth-order valence-electron chi connectivity index (χ4n) is 4.44. The van der Waals surface area contributed by atoms with Crippen molar-refractivity contribution in [1.29, 1.82) is 0 Å². The van der Waals surface area contributed by atoms with E-state index in [1.807, 2.05) is 30.6 Å². The van der Waals surface area contributed by atoms with E-state index in [0.717, 1.165) is 46.5 Å². The average Bonchev–Trinajstić information content (AvgIpc) is 3.64. The molecule has 0 unspecified atom stereocenters. The lowest BCUT2D eigenvalue weighted by Crippen LogP contribution is -2.27. The zero-order valence-electron chi connectivity index (χ0n) is 21.3. The number of aromatic amines is 1. The highest BCUT2D eigenvalue weighted by atomic mass is 32.2. The zero-order chi connectivity index (χ0) is 28.4. The normalized spacial score (nSPS) is 14.5. The second-order valence-corrected chi connectivity index (χ2v) is 11.4. The summed E-state index contributed by atoms with van der Waals surface area (Å²) < 4.78 is 61.1. The number of rotatable bonds is 6. The molecule has 1 saturated heterocycles. The van der Waals surface area contributed by atoms with E-state index in [9.17, 15) is 21.6 Å². The summed E-state index contributed by atoms with van der Waals surface area (Å²) in [4.78, 5) is 21.6. The van der Waals surface area contributed by atoms with Gasteiger partial charge in [-0.2, -0.15) is 17.5 Å². The van der Waals surface area contributed by atoms with E-state index in [-0.39, 0.29) is 0 Å². The van der Waals surface area contributed by atoms with E-state index >= 15 is 0 Å². The summed E-state index contributed by atoms with van der Waals surface area (Å²) in [7, 11) is -3.41. The molecule has 5 rings (SSSR count). The van der Waals surface area contributed by atoms with Gasteiger partial charge in [-0.15, -0.1) is 0 Å². The van der Waals surface area contributed by atoms with Crippen LogP contribution in [-0.4, -0.2) is 62.6 Å². The number of halogens is 3. The molecule has 9 nitrogen and oxygen atoms in total. The van der Waals surface area contributed by atoms with Gasteiger partial charge in [0.1, 0.15) is 11.5 Å². The van der Waals surface area contributed by atoms with Crippen LogP contribution in [0.15, 0.2) is 59.9 Å². The molecule has 0 bridgehead atoms. The summed E-state index contributed by atoms with van der Waals surface area (Å²) in [6.07, 6.45) is 2.39. The molecule has 1 aliphatic rings. The monoisotopic (exact) mass is 563 g/mol. The molecular weight excluding hydrogens is 535 g/mol. The molecule has 4 heterocycles. The predicted molar refractivity (Wildman–Crippen MR) is 139 cm³/mol. The van der Waals surface area contributed by atoms with Gasteiger partial charge in [-0.3, -0.25) is 0 Å². The molecule has 0 aliphatic carbocycles. The van der Waals surface area contributed by atoms with E-state index in [4.69, 9.17) is 9.90 Å². The van der Waals surface area contributed by atoms with Gasteiger partial charge in [0.05, 0.1) is 11.4 Å². The smallest absolute Gasteiger partial charge is 0.475 e. The molecule has 3 aromatic heterocycles. The third kappa shape index (κ3) is 6.31. The molecule has 4 aromatic rings. The van der Waals surface area contributed by atoms with Gasteiger partial charge in [0.2, 0.25) is 10.0 Å². The van der Waals surface area contributed by atoms with Crippen molar-refractivity contribution in [3.63, 3.8) is 0 Å². The van der Waals surface area contributed by atoms with Gasteiger partial charge in [-0.1, -0.05) is 26.0 Å². The number of carboxylic acid groups (broad SMARTS) is 1. The number of sulfonamides is 1. The van der Waals surface area contributed by atoms with Gasteiger partial charge in [0.15, 0.2) is 0 Å². The minimum atomic E-state index is -5.08. The SMILES string of the molecule is CC(C)c1nccn1Cc1cc2c(-c3ccc(S(=O)(=O)N4CCCC4)cc3)ccnc2[nH]1.O=C(O)C(F)(F)F. The minimum absolute atomic E-state index is 0.346. The number of aliphatic carboxylic acids is 1. The first-order chi connectivity index (χ1) is 18.4. The van der Waals surface area contributed by atoms with Crippen LogP contribution in [0.4, 0.5) is 13.2 Å². The Morgan fingerprint density at radius 3 is 2.31 bits per heavy atom. The van der Waals surface area contributed by atoms with Crippen LogP contribution >= 0.6 is 0 Å². The van der Waals surface area contributed by atoms with Crippen LogP contribution < -0.4 is 0 Å². The molecule has 1 fully saturated rings. The number of alkyl halides is 3. The van der Waals surface area contributed by atoms with Gasteiger partial charge in [0, 0.05) is 48.7 Å². The van der Waals surface area contributed by atoms with E-state index in [2.05, 4.69) is 39.4 Å². The third-order valence-corrected chi connectivity index (χ3v) is 8.22. The zero-order valence-corrected chi connectivity index (χ0v) is 22.1. The lowest BCUT2D eigenvalue weighted by molar-refractivity contribution is -0.192. The van der Waals surface area contributed by atoms with Crippen molar-refractivity contribution in [1.82, 2.24) is 23.8 Å². The Kier molecular flexibility index (Phi) is 8.12. The topological polar surface area (TPSA) is 121 Å². The second-order valence-electron chi connectivity index (χ2n) is 9.42. The van der Waals surface area contributed by atoms with Gasteiger partial charge >= 0.3 is 12.1 Å². The van der Waals surface area contributed by atoms with Crippen LogP contribution in [0.3, 0.4) is 0 Å². The first-order valence-electron chi connectivity index (χ1n) is 12.3. The predicted octanol–water partition coefficient (Wildman–Crippen LogP) is 5.02. The Bertz CT molecular complexity index is 1550. The summed E-state index contributed by atoms with van der Waals surface area (Å²) in [6, 6.07) is 11.3. The Labute approximate surface area is 223 Å². The van der Waals surface area contributed by atoms with E-state index in [1.165, 1.54) is 0 Å². The maximum absolute atomic E-state index is 12.8. The van der Waals surface area contributed by atoms with Gasteiger partial charge < -0.3 is 14.7 Å². The van der Waals surface area contributed by atoms with Crippen LogP contribution in [-0.2, 0) is 21.4 Å². The Hall–Kier alpha value is -3.71. The number of hydrogen-bond donors (Lipinski definition) is 2. The second kappa shape index (κ2) is 11.2. The summed E-state index contributed by atoms with van der Waals surface area (Å²) in [6.45, 7) is 6.18. The van der Waals surface area contributed by atoms with E-state index in [0.29, 0.717) is 30.4 Å². The van der Waals surface area contributed by atoms with Crippen molar-refractivity contribution in [3.8, 4) is 11.1 Å². The van der Waals surface area contributed by atoms with Gasteiger partial charge in [-0.05, 0) is 48.2 Å². The van der Waals surface area contributed by atoms with Crippen LogP contribution in [0, 0.1) is 0 Å². The van der Waals surface area contributed by atoms with Crippen molar-refractivity contribution >= 4 is 27.0 Å². The summed E-state index contributed by atoms with van der Waals surface area (Å²) in [5, 5.41) is 8.14. The fourth-order valence-corrected chi connectivity index (χ4v) is 5.96. The molecule has 0 saturated carbocycles. The molecule has 0 radical (unpaired) electrons. The molecule has 0 spiro atoms. The highest BCUT2D eigenvalue weighted by molar-refractivity contribution is 7.89. The van der Waals surface area contributed by atoms with Crippen molar-refractivity contribution < 1.29 is 31.5 Å². The first kappa shape index (κ1) is 28.3. The summed E-state index contributed by atoms with van der Waals surface area (Å²) in [5.41, 5.74) is 3.86. The lowest BCUT2D eigenvalue weighted by atomic mass is 10.0. The van der Waals surface area contributed by atoms with Crippen molar-refractivity contribution in [2.75, 3.05) is 13.1 Å². The van der Waals surface area contributed by atoms with Crippen LogP contribution in [0.1, 0.15) is 44.1 Å². The molecular formula is C26H28F3N5O4S. The molecule has 0 amide bonds. The van der Waals surface area contributed by atoms with Crippen LogP contribution in [0.5, 0.6) is 0 Å². The number of carboxylic acids is 1. The number of H-pyrrole nitrogens is 1. The average molecular weight is 564 g/mol. The molecule has 208 valence electrons. The number of benzene rings is 1. The van der Waals surface area contributed by atoms with Crippen LogP contribution in [0.25, 0.3) is 22.2 Å². The number of nitrogens with zero attached hydrogens (tertiary/aromatic N) is 4. The standard InChI is InChI=1S/C24H27N5O2S.C2HF3O2/c1-17(2)24-26-11-14-28(24)16-19-15-22-21(9-10-25-23(22)27-19)18-5-7-20(8-6-18)32(30,31)29-12-3-4-13-29;3-2(4,5)1(6)7/h5-11,14-15,17H,3-4,12-13,16H2,1-2H3,(H,25,27);(H,6,7). The first-order valence-corrected chi connectivity index (χ1v) is 13.7. The lowest BCUT2D eigenvalue weighted by Gasteiger charge is -2.15. The minimum Gasteiger partial charge on any atom is -0.475 e. The molecule has 1 aromatic carbocycles. The fraction of sp³-hybridized carbons (Fsp3) is 0.346. The van der Waals surface area contributed by atoms with Crippen molar-refractivity contribution in [2.45, 2.75) is 50.2 Å². The maximum atomic E-state index is 12.8. The number of hydrogen-bond acceptors (Lipinski definition) is 5. The van der Waals surface area contributed by atoms with E-state index < -0.39 is 22.2 Å². The highest BCUT2D eigenvalue weighted by Gasteiger charge is 2.38. The number of imidazole rings is 1. The van der Waals surface area contributed by atoms with E-state index in [1.54, 1.807) is 22.6 Å². The quantitative estimate of drug-likeness (QED) is 0.340. The Balaban J connectivity index is 0.000000448.